The van der Waals surface area contributed by atoms with Crippen molar-refractivity contribution in [3.63, 3.8) is 0 Å². The molecule has 3 aliphatic heterocycles. The number of aryl methyl sites for hydroxylation is 1. The Labute approximate surface area is 208 Å². The van der Waals surface area contributed by atoms with Crippen molar-refractivity contribution in [1.82, 2.24) is 25.0 Å². The molecule has 0 aliphatic carbocycles. The molecule has 2 unspecified atom stereocenters. The lowest BCUT2D eigenvalue weighted by molar-refractivity contribution is -0.123. The SMILES string of the molecule is CC(C)C(NC(=O)CN1CCCC(c2nnc3n2CCCCC3)C1)c1ccc2c(c1)OCCCO2. The van der Waals surface area contributed by atoms with E-state index in [4.69, 9.17) is 9.47 Å². The number of amides is 1. The van der Waals surface area contributed by atoms with E-state index in [1.807, 2.05) is 18.2 Å². The van der Waals surface area contributed by atoms with Gasteiger partial charge in [-0.3, -0.25) is 9.69 Å². The van der Waals surface area contributed by atoms with Crippen LogP contribution in [0.4, 0.5) is 0 Å². The number of carbonyl (C=O) groups is 1. The number of nitrogens with zero attached hydrogens (tertiary/aromatic N) is 4. The molecule has 35 heavy (non-hydrogen) atoms. The number of nitrogens with one attached hydrogen (secondary N) is 1. The standard InChI is InChI=1S/C27H39N5O3/c1-19(2)26(20-10-11-22-23(16-20)35-15-7-14-34-22)28-25(33)18-31-12-6-8-21(17-31)27-30-29-24-9-4-3-5-13-32(24)27/h10-11,16,19,21,26H,3-9,12-15,17-18H2,1-2H3,(H,28,33). The van der Waals surface area contributed by atoms with Gasteiger partial charge in [0.15, 0.2) is 11.5 Å². The van der Waals surface area contributed by atoms with E-state index in [1.54, 1.807) is 0 Å². The Kier molecular flexibility index (Phi) is 7.56. The van der Waals surface area contributed by atoms with Crippen molar-refractivity contribution < 1.29 is 14.3 Å². The van der Waals surface area contributed by atoms with E-state index in [0.717, 1.165) is 74.0 Å². The zero-order valence-electron chi connectivity index (χ0n) is 21.2. The van der Waals surface area contributed by atoms with Crippen molar-refractivity contribution in [3.05, 3.63) is 35.4 Å². The Bertz CT molecular complexity index is 1020. The van der Waals surface area contributed by atoms with Gasteiger partial charge in [-0.1, -0.05) is 26.3 Å². The van der Waals surface area contributed by atoms with Gasteiger partial charge in [0.1, 0.15) is 11.6 Å². The molecule has 4 heterocycles. The monoisotopic (exact) mass is 481 g/mol. The van der Waals surface area contributed by atoms with E-state index in [0.29, 0.717) is 25.7 Å². The molecule has 2 atom stereocenters. The molecule has 1 aromatic carbocycles. The van der Waals surface area contributed by atoms with Crippen LogP contribution in [0.3, 0.4) is 0 Å². The third-order valence-electron chi connectivity index (χ3n) is 7.49. The number of ether oxygens (including phenoxy) is 2. The molecule has 1 amide bonds. The molecule has 8 nitrogen and oxygen atoms in total. The number of hydrogen-bond acceptors (Lipinski definition) is 6. The molecule has 1 N–H and O–H groups in total. The van der Waals surface area contributed by atoms with Crippen molar-refractivity contribution in [2.24, 2.45) is 5.92 Å². The third kappa shape index (κ3) is 5.63. The normalized spacial score (nSPS) is 21.6. The van der Waals surface area contributed by atoms with Gasteiger partial charge in [0, 0.05) is 31.8 Å². The van der Waals surface area contributed by atoms with Crippen LogP contribution in [-0.2, 0) is 17.8 Å². The van der Waals surface area contributed by atoms with Gasteiger partial charge in [-0.25, -0.2) is 0 Å². The number of hydrogen-bond donors (Lipinski definition) is 1. The maximum absolute atomic E-state index is 13.2. The summed E-state index contributed by atoms with van der Waals surface area (Å²) < 4.78 is 14.0. The van der Waals surface area contributed by atoms with E-state index < -0.39 is 0 Å². The van der Waals surface area contributed by atoms with Gasteiger partial charge in [-0.05, 0) is 55.8 Å². The van der Waals surface area contributed by atoms with Crippen LogP contribution in [0.2, 0.25) is 0 Å². The topological polar surface area (TPSA) is 81.5 Å². The van der Waals surface area contributed by atoms with Crippen molar-refractivity contribution in [2.45, 2.75) is 77.3 Å². The second-order valence-electron chi connectivity index (χ2n) is 10.6. The van der Waals surface area contributed by atoms with E-state index >= 15 is 0 Å². The minimum absolute atomic E-state index is 0.0662. The maximum Gasteiger partial charge on any atom is 0.234 e. The van der Waals surface area contributed by atoms with Crippen molar-refractivity contribution in [1.29, 1.82) is 0 Å². The fourth-order valence-electron chi connectivity index (χ4n) is 5.65. The summed E-state index contributed by atoms with van der Waals surface area (Å²) in [5.41, 5.74) is 1.06. The van der Waals surface area contributed by atoms with E-state index in [9.17, 15) is 4.79 Å². The zero-order chi connectivity index (χ0) is 24.2. The van der Waals surface area contributed by atoms with Crippen LogP contribution >= 0.6 is 0 Å². The van der Waals surface area contributed by atoms with Gasteiger partial charge in [-0.2, -0.15) is 0 Å². The second-order valence-corrected chi connectivity index (χ2v) is 10.6. The van der Waals surface area contributed by atoms with Crippen LogP contribution in [0, 0.1) is 5.92 Å². The first-order chi connectivity index (χ1) is 17.1. The van der Waals surface area contributed by atoms with E-state index in [1.165, 1.54) is 19.3 Å². The Morgan fingerprint density at radius 2 is 1.91 bits per heavy atom. The summed E-state index contributed by atoms with van der Waals surface area (Å²) >= 11 is 0. The lowest BCUT2D eigenvalue weighted by atomic mass is 9.95. The molecule has 0 bridgehead atoms. The number of rotatable bonds is 6. The molecule has 0 radical (unpaired) electrons. The number of likely N-dealkylation sites (tertiary alicyclic amines) is 1. The fraction of sp³-hybridized carbons (Fsp3) is 0.667. The van der Waals surface area contributed by atoms with E-state index in [-0.39, 0.29) is 17.9 Å². The molecular formula is C27H39N5O3. The average Bonchev–Trinajstić information content (AvgIpc) is 3.01. The van der Waals surface area contributed by atoms with Crippen LogP contribution in [0.25, 0.3) is 0 Å². The van der Waals surface area contributed by atoms with Crippen LogP contribution in [0.15, 0.2) is 18.2 Å². The lowest BCUT2D eigenvalue weighted by Gasteiger charge is -2.32. The molecule has 8 heteroatoms. The maximum atomic E-state index is 13.2. The molecule has 5 rings (SSSR count). The Morgan fingerprint density at radius 3 is 2.77 bits per heavy atom. The lowest BCUT2D eigenvalue weighted by Crippen LogP contribution is -2.44. The quantitative estimate of drug-likeness (QED) is 0.675. The molecule has 2 aromatic rings. The highest BCUT2D eigenvalue weighted by molar-refractivity contribution is 5.78. The molecule has 3 aliphatic rings. The summed E-state index contributed by atoms with van der Waals surface area (Å²) in [6, 6.07) is 5.97. The molecule has 0 spiro atoms. The molecule has 1 fully saturated rings. The summed E-state index contributed by atoms with van der Waals surface area (Å²) in [6.45, 7) is 8.85. The van der Waals surface area contributed by atoms with Gasteiger partial charge in [0.25, 0.3) is 0 Å². The highest BCUT2D eigenvalue weighted by atomic mass is 16.5. The highest BCUT2D eigenvalue weighted by Gasteiger charge is 2.29. The Morgan fingerprint density at radius 1 is 1.06 bits per heavy atom. The number of fused-ring (bicyclic) bond motifs is 2. The first-order valence-electron chi connectivity index (χ1n) is 13.4. The molecule has 190 valence electrons. The minimum Gasteiger partial charge on any atom is -0.490 e. The summed E-state index contributed by atoms with van der Waals surface area (Å²) in [4.78, 5) is 15.5. The molecule has 1 aromatic heterocycles. The first kappa shape index (κ1) is 24.1. The largest absolute Gasteiger partial charge is 0.490 e. The van der Waals surface area contributed by atoms with Crippen LogP contribution < -0.4 is 14.8 Å². The van der Waals surface area contributed by atoms with Gasteiger partial charge in [0.2, 0.25) is 5.91 Å². The molecular weight excluding hydrogens is 442 g/mol. The average molecular weight is 482 g/mol. The van der Waals surface area contributed by atoms with Gasteiger partial charge in [-0.15, -0.1) is 10.2 Å². The third-order valence-corrected chi connectivity index (χ3v) is 7.49. The fourth-order valence-corrected chi connectivity index (χ4v) is 5.65. The zero-order valence-corrected chi connectivity index (χ0v) is 21.2. The summed E-state index contributed by atoms with van der Waals surface area (Å²) in [5, 5.41) is 12.4. The second kappa shape index (κ2) is 11.0. The number of piperidine rings is 1. The molecule has 0 saturated carbocycles. The van der Waals surface area contributed by atoms with Crippen LogP contribution in [0.1, 0.15) is 81.5 Å². The van der Waals surface area contributed by atoms with E-state index in [2.05, 4.69) is 38.8 Å². The number of aromatic nitrogens is 3. The van der Waals surface area contributed by atoms with Crippen molar-refractivity contribution in [3.8, 4) is 11.5 Å². The van der Waals surface area contributed by atoms with Crippen molar-refractivity contribution in [2.75, 3.05) is 32.8 Å². The van der Waals surface area contributed by atoms with Crippen LogP contribution in [-0.4, -0.2) is 58.4 Å². The number of benzene rings is 1. The van der Waals surface area contributed by atoms with Crippen molar-refractivity contribution >= 4 is 5.91 Å². The number of carbonyl (C=O) groups excluding carboxylic acids is 1. The highest BCUT2D eigenvalue weighted by Crippen LogP contribution is 2.34. The predicted molar refractivity (Wildman–Crippen MR) is 134 cm³/mol. The minimum atomic E-state index is -0.0764. The van der Waals surface area contributed by atoms with Gasteiger partial charge in [0.05, 0.1) is 25.8 Å². The van der Waals surface area contributed by atoms with Gasteiger partial charge >= 0.3 is 0 Å². The predicted octanol–water partition coefficient (Wildman–Crippen LogP) is 3.86. The van der Waals surface area contributed by atoms with Gasteiger partial charge < -0.3 is 19.4 Å². The Balaban J connectivity index is 1.23. The Hall–Kier alpha value is -2.61. The first-order valence-corrected chi connectivity index (χ1v) is 13.4. The summed E-state index contributed by atoms with van der Waals surface area (Å²) in [6.07, 6.45) is 7.77. The summed E-state index contributed by atoms with van der Waals surface area (Å²) in [7, 11) is 0. The smallest absolute Gasteiger partial charge is 0.234 e. The summed E-state index contributed by atoms with van der Waals surface area (Å²) in [5.74, 6) is 4.48. The van der Waals surface area contributed by atoms with Crippen LogP contribution in [0.5, 0.6) is 11.5 Å². The molecule has 1 saturated heterocycles.